The fourth-order valence-corrected chi connectivity index (χ4v) is 1.19. The molecule has 0 saturated carbocycles. The van der Waals surface area contributed by atoms with Crippen molar-refractivity contribution in [2.75, 3.05) is 0 Å². The molecule has 0 amide bonds. The van der Waals surface area contributed by atoms with E-state index in [9.17, 15) is 0 Å². The fourth-order valence-electron chi connectivity index (χ4n) is 1.19. The van der Waals surface area contributed by atoms with E-state index in [-0.39, 0.29) is 0 Å². The van der Waals surface area contributed by atoms with Gasteiger partial charge < -0.3 is 5.73 Å². The van der Waals surface area contributed by atoms with Gasteiger partial charge in [0, 0.05) is 6.42 Å². The van der Waals surface area contributed by atoms with Crippen LogP contribution in [0.1, 0.15) is 40.0 Å². The number of rotatable bonds is 5. The third-order valence-electron chi connectivity index (χ3n) is 1.87. The summed E-state index contributed by atoms with van der Waals surface area (Å²) in [6, 6.07) is 0. The Morgan fingerprint density at radius 1 is 1.45 bits per heavy atom. The molecule has 0 aliphatic heterocycles. The average Bonchev–Trinajstić information content (AvgIpc) is 1.85. The average molecular weight is 155 g/mol. The van der Waals surface area contributed by atoms with Crippen LogP contribution in [-0.2, 0) is 0 Å². The van der Waals surface area contributed by atoms with E-state index in [1.54, 1.807) is 0 Å². The summed E-state index contributed by atoms with van der Waals surface area (Å²) in [7, 11) is 0. The molecule has 0 aromatic carbocycles. The van der Waals surface area contributed by atoms with Crippen molar-refractivity contribution >= 4 is 5.84 Å². The molecule has 0 bridgehead atoms. The highest BCUT2D eigenvalue weighted by Crippen LogP contribution is 2.18. The minimum Gasteiger partial charge on any atom is -0.388 e. The van der Waals surface area contributed by atoms with Crippen LogP contribution in [0.2, 0.25) is 0 Å². The van der Waals surface area contributed by atoms with Gasteiger partial charge in [0.1, 0.15) is 0 Å². The zero-order valence-corrected chi connectivity index (χ0v) is 7.78. The number of nitrogens with two attached hydrogens (primary N) is 1. The largest absolute Gasteiger partial charge is 0.388 e. The molecular weight excluding hydrogens is 136 g/mol. The quantitative estimate of drug-likeness (QED) is 0.464. The zero-order chi connectivity index (χ0) is 8.85. The van der Waals surface area contributed by atoms with Crippen LogP contribution in [0.4, 0.5) is 0 Å². The van der Waals surface area contributed by atoms with Crippen LogP contribution in [-0.4, -0.2) is 5.84 Å². The van der Waals surface area contributed by atoms with Crippen molar-refractivity contribution in [1.82, 2.24) is 0 Å². The van der Waals surface area contributed by atoms with Gasteiger partial charge in [-0.25, -0.2) is 0 Å². The van der Waals surface area contributed by atoms with Gasteiger partial charge in [-0.2, -0.15) is 0 Å². The Hall–Kier alpha value is -0.530. The minimum atomic E-state index is 0.307. The third kappa shape index (κ3) is 5.89. The molecule has 3 N–H and O–H groups in total. The van der Waals surface area contributed by atoms with Gasteiger partial charge >= 0.3 is 0 Å². The monoisotopic (exact) mass is 155 g/mol. The normalized spacial score (nSPS) is 13.5. The van der Waals surface area contributed by atoms with Crippen molar-refractivity contribution in [3.05, 3.63) is 5.92 Å². The number of amidine groups is 1. The first kappa shape index (κ1) is 10.5. The maximum absolute atomic E-state index is 7.09. The third-order valence-corrected chi connectivity index (χ3v) is 1.87. The SMILES string of the molecule is CC[C](C)CC(C)CC(=N)N. The Morgan fingerprint density at radius 3 is 2.36 bits per heavy atom. The van der Waals surface area contributed by atoms with Gasteiger partial charge in [-0.15, -0.1) is 0 Å². The molecule has 2 heteroatoms. The number of hydrogen-bond acceptors (Lipinski definition) is 1. The van der Waals surface area contributed by atoms with Crippen LogP contribution < -0.4 is 5.73 Å². The summed E-state index contributed by atoms with van der Waals surface area (Å²) in [4.78, 5) is 0. The highest BCUT2D eigenvalue weighted by atomic mass is 14.7. The van der Waals surface area contributed by atoms with Gasteiger partial charge in [-0.3, -0.25) is 5.41 Å². The van der Waals surface area contributed by atoms with Gasteiger partial charge in [0.25, 0.3) is 0 Å². The fraction of sp³-hybridized carbons (Fsp3) is 0.778. The van der Waals surface area contributed by atoms with Crippen LogP contribution in [0.3, 0.4) is 0 Å². The highest BCUT2D eigenvalue weighted by molar-refractivity contribution is 5.77. The molecule has 11 heavy (non-hydrogen) atoms. The first-order valence-electron chi connectivity index (χ1n) is 4.20. The molecule has 1 radical (unpaired) electrons. The molecule has 1 atom stereocenters. The lowest BCUT2D eigenvalue weighted by atomic mass is 9.93. The molecule has 0 aromatic rings. The van der Waals surface area contributed by atoms with Crippen molar-refractivity contribution in [3.63, 3.8) is 0 Å². The zero-order valence-electron chi connectivity index (χ0n) is 7.78. The lowest BCUT2D eigenvalue weighted by molar-refractivity contribution is 0.547. The van der Waals surface area contributed by atoms with E-state index in [1.165, 1.54) is 5.92 Å². The summed E-state index contributed by atoms with van der Waals surface area (Å²) in [6.45, 7) is 6.47. The van der Waals surface area contributed by atoms with Crippen molar-refractivity contribution in [1.29, 1.82) is 5.41 Å². The van der Waals surface area contributed by atoms with E-state index in [1.807, 2.05) is 0 Å². The van der Waals surface area contributed by atoms with E-state index < -0.39 is 0 Å². The maximum Gasteiger partial charge on any atom is 0.0907 e. The summed E-state index contributed by atoms with van der Waals surface area (Å²) in [5, 5.41) is 7.09. The second-order valence-electron chi connectivity index (χ2n) is 3.35. The molecule has 0 rings (SSSR count). The summed E-state index contributed by atoms with van der Waals surface area (Å²) in [6.07, 6.45) is 2.98. The molecular formula is C9H19N2. The maximum atomic E-state index is 7.09. The molecule has 65 valence electrons. The van der Waals surface area contributed by atoms with Gasteiger partial charge in [0.15, 0.2) is 0 Å². The van der Waals surface area contributed by atoms with Crippen molar-refractivity contribution < 1.29 is 0 Å². The molecule has 2 nitrogen and oxygen atoms in total. The van der Waals surface area contributed by atoms with Crippen molar-refractivity contribution in [2.24, 2.45) is 11.7 Å². The second-order valence-corrected chi connectivity index (χ2v) is 3.35. The Balaban J connectivity index is 3.51. The summed E-state index contributed by atoms with van der Waals surface area (Å²) < 4.78 is 0. The van der Waals surface area contributed by atoms with Crippen LogP contribution in [0.25, 0.3) is 0 Å². The van der Waals surface area contributed by atoms with Crippen LogP contribution in [0.5, 0.6) is 0 Å². The summed E-state index contributed by atoms with van der Waals surface area (Å²) in [5.74, 6) is 2.34. The lowest BCUT2D eigenvalue weighted by Gasteiger charge is -2.13. The molecule has 0 heterocycles. The lowest BCUT2D eigenvalue weighted by Crippen LogP contribution is -2.14. The standard InChI is InChI=1S/C9H19N2/c1-4-7(2)5-8(3)6-9(10)11/h8H,4-6H2,1-3H3,(H3,10,11). The predicted molar refractivity (Wildman–Crippen MR) is 49.5 cm³/mol. The molecule has 0 saturated heterocycles. The smallest absolute Gasteiger partial charge is 0.0907 e. The topological polar surface area (TPSA) is 49.9 Å². The minimum absolute atomic E-state index is 0.307. The molecule has 0 aliphatic carbocycles. The summed E-state index contributed by atoms with van der Waals surface area (Å²) in [5.41, 5.74) is 5.28. The first-order chi connectivity index (χ1) is 5.06. The van der Waals surface area contributed by atoms with E-state index >= 15 is 0 Å². The van der Waals surface area contributed by atoms with Gasteiger partial charge in [-0.05, 0) is 18.3 Å². The van der Waals surface area contributed by atoms with Gasteiger partial charge in [-0.1, -0.05) is 27.2 Å². The van der Waals surface area contributed by atoms with E-state index in [0.717, 1.165) is 19.3 Å². The van der Waals surface area contributed by atoms with Crippen LogP contribution in [0.15, 0.2) is 0 Å². The molecule has 0 aliphatic rings. The Kier molecular flexibility index (Phi) is 4.92. The molecule has 0 spiro atoms. The van der Waals surface area contributed by atoms with Gasteiger partial charge in [0.05, 0.1) is 5.84 Å². The van der Waals surface area contributed by atoms with Crippen LogP contribution in [0, 0.1) is 17.2 Å². The molecule has 0 aromatic heterocycles. The number of hydrogen-bond donors (Lipinski definition) is 2. The predicted octanol–water partition coefficient (Wildman–Crippen LogP) is 2.34. The number of nitrogens with one attached hydrogen (secondary N) is 1. The Morgan fingerprint density at radius 2 is 2.00 bits per heavy atom. The molecule has 0 fully saturated rings. The summed E-state index contributed by atoms with van der Waals surface area (Å²) >= 11 is 0. The van der Waals surface area contributed by atoms with E-state index in [0.29, 0.717) is 11.8 Å². The molecule has 1 unspecified atom stereocenters. The van der Waals surface area contributed by atoms with Gasteiger partial charge in [0.2, 0.25) is 0 Å². The van der Waals surface area contributed by atoms with E-state index in [4.69, 9.17) is 11.1 Å². The highest BCUT2D eigenvalue weighted by Gasteiger charge is 2.07. The van der Waals surface area contributed by atoms with Crippen LogP contribution >= 0.6 is 0 Å². The Labute approximate surface area is 69.7 Å². The van der Waals surface area contributed by atoms with Crippen molar-refractivity contribution in [3.8, 4) is 0 Å². The second kappa shape index (κ2) is 5.16. The first-order valence-corrected chi connectivity index (χ1v) is 4.20. The van der Waals surface area contributed by atoms with Crippen molar-refractivity contribution in [2.45, 2.75) is 40.0 Å². The Bertz CT molecular complexity index is 121. The van der Waals surface area contributed by atoms with E-state index in [2.05, 4.69) is 20.8 Å².